The number of benzene rings is 1. The number of hydrogen-bond acceptors (Lipinski definition) is 8. The highest BCUT2D eigenvalue weighted by Gasteiger charge is 2.36. The Kier molecular flexibility index (Phi) is 5.19. The SMILES string of the molecule is CCOC(=O)CN1C(=O)S/C(=C\c2cccc([N+](=O)[O-])c2[O-])C1=O. The lowest BCUT2D eigenvalue weighted by molar-refractivity contribution is -0.398. The van der Waals surface area contributed by atoms with E-state index < -0.39 is 40.0 Å². The van der Waals surface area contributed by atoms with E-state index in [-0.39, 0.29) is 17.1 Å². The summed E-state index contributed by atoms with van der Waals surface area (Å²) in [6.07, 6.45) is 1.10. The zero-order valence-electron chi connectivity index (χ0n) is 12.4. The van der Waals surface area contributed by atoms with Crippen LogP contribution in [0.1, 0.15) is 12.5 Å². The summed E-state index contributed by atoms with van der Waals surface area (Å²) in [6, 6.07) is 3.65. The van der Waals surface area contributed by atoms with E-state index in [0.29, 0.717) is 16.7 Å². The van der Waals surface area contributed by atoms with Gasteiger partial charge in [-0.05, 0) is 36.1 Å². The van der Waals surface area contributed by atoms with Gasteiger partial charge in [-0.15, -0.1) is 0 Å². The molecule has 1 heterocycles. The molecular formula is C14H11N2O7S-. The second-order valence-electron chi connectivity index (χ2n) is 4.53. The van der Waals surface area contributed by atoms with Crippen molar-refractivity contribution in [3.05, 3.63) is 38.8 Å². The normalized spacial score (nSPS) is 15.9. The molecule has 1 aromatic carbocycles. The van der Waals surface area contributed by atoms with E-state index in [1.807, 2.05) is 0 Å². The van der Waals surface area contributed by atoms with Crippen LogP contribution in [0.25, 0.3) is 6.08 Å². The van der Waals surface area contributed by atoms with Crippen molar-refractivity contribution >= 4 is 40.6 Å². The van der Waals surface area contributed by atoms with E-state index in [9.17, 15) is 29.6 Å². The molecule has 0 aliphatic carbocycles. The van der Waals surface area contributed by atoms with Crippen molar-refractivity contribution < 1.29 is 29.2 Å². The third-order valence-electron chi connectivity index (χ3n) is 2.97. The van der Waals surface area contributed by atoms with Crippen LogP contribution < -0.4 is 5.11 Å². The maximum Gasteiger partial charge on any atom is 0.326 e. The third-order valence-corrected chi connectivity index (χ3v) is 3.88. The molecule has 2 amide bonds. The molecule has 0 radical (unpaired) electrons. The average Bonchev–Trinajstić information content (AvgIpc) is 2.77. The summed E-state index contributed by atoms with van der Waals surface area (Å²) in [5.41, 5.74) is -0.722. The molecule has 1 aliphatic rings. The number of para-hydroxylation sites is 1. The van der Waals surface area contributed by atoms with E-state index in [4.69, 9.17) is 0 Å². The molecule has 0 atom stereocenters. The quantitative estimate of drug-likeness (QED) is 0.335. The number of ether oxygens (including phenoxy) is 1. The Balaban J connectivity index is 2.28. The average molecular weight is 351 g/mol. The van der Waals surface area contributed by atoms with Crippen LogP contribution in [-0.4, -0.2) is 40.1 Å². The van der Waals surface area contributed by atoms with Crippen LogP contribution in [-0.2, 0) is 14.3 Å². The Bertz CT molecular complexity index is 759. The summed E-state index contributed by atoms with van der Waals surface area (Å²) in [6.45, 7) is 1.16. The van der Waals surface area contributed by atoms with Gasteiger partial charge >= 0.3 is 5.97 Å². The van der Waals surface area contributed by atoms with Crippen molar-refractivity contribution in [1.82, 2.24) is 4.90 Å². The van der Waals surface area contributed by atoms with Gasteiger partial charge in [0.25, 0.3) is 16.8 Å². The number of rotatable bonds is 5. The number of carbonyl (C=O) groups excluding carboxylic acids is 3. The van der Waals surface area contributed by atoms with Gasteiger partial charge < -0.3 is 9.84 Å². The molecule has 0 saturated carbocycles. The Morgan fingerprint density at radius 3 is 2.75 bits per heavy atom. The van der Waals surface area contributed by atoms with Gasteiger partial charge in [0.05, 0.1) is 16.4 Å². The molecule has 126 valence electrons. The number of nitro groups is 1. The van der Waals surface area contributed by atoms with Gasteiger partial charge in [-0.25, -0.2) is 0 Å². The van der Waals surface area contributed by atoms with Crippen molar-refractivity contribution in [3.8, 4) is 5.75 Å². The van der Waals surface area contributed by atoms with Crippen LogP contribution in [0.15, 0.2) is 23.1 Å². The highest BCUT2D eigenvalue weighted by atomic mass is 32.2. The number of nitro benzene ring substituents is 1. The maximum atomic E-state index is 12.2. The summed E-state index contributed by atoms with van der Waals surface area (Å²) < 4.78 is 4.68. The van der Waals surface area contributed by atoms with E-state index in [2.05, 4.69) is 4.74 Å². The third kappa shape index (κ3) is 3.54. The lowest BCUT2D eigenvalue weighted by Gasteiger charge is -2.11. The predicted octanol–water partition coefficient (Wildman–Crippen LogP) is 1.27. The van der Waals surface area contributed by atoms with Gasteiger partial charge in [-0.2, -0.15) is 0 Å². The Morgan fingerprint density at radius 2 is 2.12 bits per heavy atom. The molecule has 0 bridgehead atoms. The first kappa shape index (κ1) is 17.5. The lowest BCUT2D eigenvalue weighted by atomic mass is 10.1. The number of imide groups is 1. The topological polar surface area (TPSA) is 130 Å². The zero-order valence-corrected chi connectivity index (χ0v) is 13.2. The molecule has 0 N–H and O–H groups in total. The van der Waals surface area contributed by atoms with Crippen LogP contribution in [0, 0.1) is 10.1 Å². The van der Waals surface area contributed by atoms with Gasteiger partial charge in [-0.1, -0.05) is 12.1 Å². The first-order valence-electron chi connectivity index (χ1n) is 6.70. The fourth-order valence-corrected chi connectivity index (χ4v) is 2.74. The van der Waals surface area contributed by atoms with E-state index in [1.165, 1.54) is 12.1 Å². The highest BCUT2D eigenvalue weighted by molar-refractivity contribution is 8.18. The summed E-state index contributed by atoms with van der Waals surface area (Å²) in [5.74, 6) is -2.36. The first-order valence-corrected chi connectivity index (χ1v) is 7.52. The minimum Gasteiger partial charge on any atom is -0.867 e. The summed E-state index contributed by atoms with van der Waals surface area (Å²) in [4.78, 5) is 45.9. The number of esters is 1. The molecule has 1 aromatic rings. The minimum absolute atomic E-state index is 0.0918. The Labute approximate surface area is 140 Å². The van der Waals surface area contributed by atoms with Gasteiger partial charge in [-0.3, -0.25) is 29.4 Å². The van der Waals surface area contributed by atoms with Crippen LogP contribution in [0.2, 0.25) is 0 Å². The van der Waals surface area contributed by atoms with E-state index in [0.717, 1.165) is 12.1 Å². The van der Waals surface area contributed by atoms with Crippen molar-refractivity contribution in [2.45, 2.75) is 6.92 Å². The molecular weight excluding hydrogens is 340 g/mol. The summed E-state index contributed by atoms with van der Waals surface area (Å²) >= 11 is 0.542. The first-order chi connectivity index (χ1) is 11.3. The van der Waals surface area contributed by atoms with E-state index >= 15 is 0 Å². The second-order valence-corrected chi connectivity index (χ2v) is 5.52. The monoisotopic (exact) mass is 351 g/mol. The van der Waals surface area contributed by atoms with Crippen molar-refractivity contribution in [3.63, 3.8) is 0 Å². The lowest BCUT2D eigenvalue weighted by Crippen LogP contribution is -2.34. The molecule has 24 heavy (non-hydrogen) atoms. The fraction of sp³-hybridized carbons (Fsp3) is 0.214. The van der Waals surface area contributed by atoms with Crippen LogP contribution in [0.3, 0.4) is 0 Å². The molecule has 1 saturated heterocycles. The van der Waals surface area contributed by atoms with Crippen molar-refractivity contribution in [2.75, 3.05) is 13.2 Å². The van der Waals surface area contributed by atoms with Crippen LogP contribution in [0.5, 0.6) is 5.75 Å². The largest absolute Gasteiger partial charge is 0.867 e. The van der Waals surface area contributed by atoms with Gasteiger partial charge in [0.1, 0.15) is 6.54 Å². The number of nitrogens with zero attached hydrogens (tertiary/aromatic N) is 2. The van der Waals surface area contributed by atoms with Gasteiger partial charge in [0, 0.05) is 6.07 Å². The summed E-state index contributed by atoms with van der Waals surface area (Å²) in [7, 11) is 0. The smallest absolute Gasteiger partial charge is 0.326 e. The standard InChI is InChI=1S/C14H12N2O7S/c1-2-23-11(17)7-15-13(19)10(24-14(15)20)6-8-4-3-5-9(12(8)18)16(21)22/h3-6,18H,2,7H2,1H3/p-1/b10-6-. The second kappa shape index (κ2) is 7.13. The number of amides is 2. The highest BCUT2D eigenvalue weighted by Crippen LogP contribution is 2.35. The molecule has 10 heteroatoms. The predicted molar refractivity (Wildman–Crippen MR) is 81.9 cm³/mol. The van der Waals surface area contributed by atoms with Crippen LogP contribution >= 0.6 is 11.8 Å². The maximum absolute atomic E-state index is 12.2. The molecule has 0 unspecified atom stereocenters. The van der Waals surface area contributed by atoms with Crippen molar-refractivity contribution in [2.24, 2.45) is 0 Å². The Morgan fingerprint density at radius 1 is 1.42 bits per heavy atom. The van der Waals surface area contributed by atoms with Crippen LogP contribution in [0.4, 0.5) is 10.5 Å². The Hall–Kier alpha value is -2.88. The minimum atomic E-state index is -0.861. The summed E-state index contributed by atoms with van der Waals surface area (Å²) in [5, 5.41) is 22.0. The molecule has 9 nitrogen and oxygen atoms in total. The number of carbonyl (C=O) groups is 3. The number of hydrogen-bond donors (Lipinski definition) is 0. The number of thioether (sulfide) groups is 1. The molecule has 0 spiro atoms. The molecule has 2 rings (SSSR count). The zero-order chi connectivity index (χ0) is 17.9. The fourth-order valence-electron chi connectivity index (χ4n) is 1.91. The van der Waals surface area contributed by atoms with Gasteiger partial charge in [0.15, 0.2) is 0 Å². The van der Waals surface area contributed by atoms with Gasteiger partial charge in [0.2, 0.25) is 0 Å². The van der Waals surface area contributed by atoms with Crippen molar-refractivity contribution in [1.29, 1.82) is 0 Å². The molecule has 0 aromatic heterocycles. The molecule has 1 fully saturated rings. The van der Waals surface area contributed by atoms with E-state index in [1.54, 1.807) is 6.92 Å². The molecule has 1 aliphatic heterocycles.